The third-order valence-electron chi connectivity index (χ3n) is 14.7. The van der Waals surface area contributed by atoms with Gasteiger partial charge in [0.25, 0.3) is 0 Å². The van der Waals surface area contributed by atoms with Crippen LogP contribution in [-0.2, 0) is 38.1 Å². The van der Waals surface area contributed by atoms with Crippen LogP contribution < -0.4 is 0 Å². The Labute approximate surface area is 402 Å². The lowest BCUT2D eigenvalue weighted by Crippen LogP contribution is -2.58. The van der Waals surface area contributed by atoms with Gasteiger partial charge in [-0.05, 0) is 119 Å². The Balaban J connectivity index is 1.42. The predicted molar refractivity (Wildman–Crippen MR) is 260 cm³/mol. The lowest BCUT2D eigenvalue weighted by molar-refractivity contribution is -0.219. The number of fused-ring (bicyclic) bond motifs is 1. The number of esters is 2. The first-order valence-corrected chi connectivity index (χ1v) is 24.5. The van der Waals surface area contributed by atoms with E-state index < -0.39 is 77.2 Å². The Morgan fingerprint density at radius 3 is 2.44 bits per heavy atom. The average molecular weight is 933 g/mol. The fraction of sp³-hybridized carbons (Fsp3) is 0.536. The van der Waals surface area contributed by atoms with Crippen molar-refractivity contribution in [3.8, 4) is 0 Å². The summed E-state index contributed by atoms with van der Waals surface area (Å²) < 4.78 is 34.1. The summed E-state index contributed by atoms with van der Waals surface area (Å²) in [5.74, 6) is -4.72. The summed E-state index contributed by atoms with van der Waals surface area (Å²) in [5, 5.41) is 0. The Morgan fingerprint density at radius 1 is 0.985 bits per heavy atom. The fourth-order valence-electron chi connectivity index (χ4n) is 10.6. The standard InChI is InChI=1S/C56H72N2O10/c1-11-46-55(9,68-54(63)58-28-27-57-34-58)32-37(4)47(59)38(5)33-56(10,64-29-19-21-42-20-15-16-22-43-23-17-18-26-45(43)31-42)51(40(7)48(60)41(8)52(61)65-46)66-50-39(6)35(2)30-36(3)49(50)67-53(62)44-24-13-12-14-25-44/h12-14,17-21,23-28,31-32,34-36,38-41,43,46,49-51H,11,15-16,22,29-30,33H2,1-10H3/b21-19+,37-32+,42-20-,45-31?/t35-,36+,38-,39-,40+,41-,43?,46-,49-,50-,51-,55+,56-/m1/s1. The number of ketones is 2. The van der Waals surface area contributed by atoms with E-state index in [2.05, 4.69) is 55.3 Å². The number of cyclic esters (lactones) is 1. The monoisotopic (exact) mass is 933 g/mol. The molecule has 1 aromatic carbocycles. The van der Waals surface area contributed by atoms with Gasteiger partial charge < -0.3 is 23.7 Å². The largest absolute Gasteiger partial charge is 0.457 e. The first-order valence-electron chi connectivity index (χ1n) is 24.5. The molecule has 1 aromatic heterocycles. The third-order valence-corrected chi connectivity index (χ3v) is 14.7. The minimum Gasteiger partial charge on any atom is -0.457 e. The molecule has 2 aromatic rings. The second-order valence-corrected chi connectivity index (χ2v) is 20.0. The highest BCUT2D eigenvalue weighted by Gasteiger charge is 2.52. The Bertz CT molecular complexity index is 2310. The molecule has 0 bridgehead atoms. The minimum absolute atomic E-state index is 0.0982. The van der Waals surface area contributed by atoms with Gasteiger partial charge in [0, 0.05) is 30.1 Å². The molecular formula is C56H72N2O10. The molecule has 0 saturated heterocycles. The zero-order chi connectivity index (χ0) is 49.3. The first kappa shape index (κ1) is 51.9. The summed E-state index contributed by atoms with van der Waals surface area (Å²) in [6.07, 6.45) is 22.5. The van der Waals surface area contributed by atoms with Crippen LogP contribution in [0.25, 0.3) is 0 Å². The van der Waals surface area contributed by atoms with Crippen LogP contribution in [0.15, 0.2) is 120 Å². The van der Waals surface area contributed by atoms with Gasteiger partial charge >= 0.3 is 18.0 Å². The number of allylic oxidation sites excluding steroid dienone is 10. The second-order valence-electron chi connectivity index (χ2n) is 20.0. The summed E-state index contributed by atoms with van der Waals surface area (Å²) in [6, 6.07) is 8.83. The quantitative estimate of drug-likeness (QED) is 0.127. The summed E-state index contributed by atoms with van der Waals surface area (Å²) in [4.78, 5) is 75.1. The molecule has 0 spiro atoms. The number of imidazole rings is 1. The molecule has 1 aliphatic heterocycles. The Hall–Kier alpha value is -5.46. The highest BCUT2D eigenvalue weighted by molar-refractivity contribution is 6.00. The molecule has 2 heterocycles. The number of carbonyl (C=O) groups is 5. The number of benzene rings is 1. The molecule has 4 aliphatic rings. The normalized spacial score (nSPS) is 35.6. The van der Waals surface area contributed by atoms with Crippen molar-refractivity contribution in [3.05, 3.63) is 126 Å². The van der Waals surface area contributed by atoms with E-state index in [0.717, 1.165) is 35.8 Å². The molecule has 0 N–H and O–H groups in total. The van der Waals surface area contributed by atoms with Gasteiger partial charge in [0.15, 0.2) is 17.2 Å². The van der Waals surface area contributed by atoms with Gasteiger partial charge in [-0.2, -0.15) is 0 Å². The van der Waals surface area contributed by atoms with Crippen LogP contribution in [0.5, 0.6) is 0 Å². The van der Waals surface area contributed by atoms with E-state index in [9.17, 15) is 24.0 Å². The number of carbonyl (C=O) groups excluding carboxylic acids is 5. The van der Waals surface area contributed by atoms with E-state index in [4.69, 9.17) is 23.7 Å². The molecule has 1 fully saturated rings. The van der Waals surface area contributed by atoms with Crippen LogP contribution in [0.4, 0.5) is 4.79 Å². The number of aromatic nitrogens is 2. The molecular weight excluding hydrogens is 861 g/mol. The first-order chi connectivity index (χ1) is 32.3. The number of hydrogen-bond donors (Lipinski definition) is 0. The van der Waals surface area contributed by atoms with Gasteiger partial charge in [-0.25, -0.2) is 19.1 Å². The third kappa shape index (κ3) is 12.2. The fourth-order valence-corrected chi connectivity index (χ4v) is 10.6. The van der Waals surface area contributed by atoms with Crippen molar-refractivity contribution in [1.29, 1.82) is 0 Å². The second kappa shape index (κ2) is 22.8. The average Bonchev–Trinajstić information content (AvgIpc) is 3.86. The van der Waals surface area contributed by atoms with Gasteiger partial charge in [0.05, 0.1) is 30.0 Å². The van der Waals surface area contributed by atoms with E-state index >= 15 is 0 Å². The van der Waals surface area contributed by atoms with Crippen molar-refractivity contribution in [1.82, 2.24) is 9.55 Å². The zero-order valence-electron chi connectivity index (χ0n) is 41.6. The molecule has 0 radical (unpaired) electrons. The van der Waals surface area contributed by atoms with Crippen molar-refractivity contribution in [2.24, 2.45) is 41.4 Å². The molecule has 1 saturated carbocycles. The van der Waals surface area contributed by atoms with Crippen LogP contribution in [0.2, 0.25) is 0 Å². The van der Waals surface area contributed by atoms with Gasteiger partial charge in [-0.3, -0.25) is 14.4 Å². The maximum absolute atomic E-state index is 15.0. The lowest BCUT2D eigenvalue weighted by atomic mass is 9.71. The van der Waals surface area contributed by atoms with Crippen molar-refractivity contribution in [3.63, 3.8) is 0 Å². The number of nitrogens with zero attached hydrogens (tertiary/aromatic N) is 2. The smallest absolute Gasteiger partial charge is 0.420 e. The Kier molecular flexibility index (Phi) is 17.4. The summed E-state index contributed by atoms with van der Waals surface area (Å²) in [5.41, 5.74) is 0.0279. The van der Waals surface area contributed by atoms with E-state index in [0.29, 0.717) is 11.5 Å². The van der Waals surface area contributed by atoms with Gasteiger partial charge in [-0.15, -0.1) is 0 Å². The highest BCUT2D eigenvalue weighted by atomic mass is 16.6. The van der Waals surface area contributed by atoms with Gasteiger partial charge in [-0.1, -0.05) is 108 Å². The molecule has 68 heavy (non-hydrogen) atoms. The molecule has 366 valence electrons. The van der Waals surface area contributed by atoms with E-state index in [1.54, 1.807) is 52.0 Å². The highest BCUT2D eigenvalue weighted by Crippen LogP contribution is 2.43. The van der Waals surface area contributed by atoms with Crippen LogP contribution in [-0.4, -0.2) is 81.4 Å². The summed E-state index contributed by atoms with van der Waals surface area (Å²) >= 11 is 0. The number of ether oxygens (including phenoxy) is 5. The maximum atomic E-state index is 15.0. The minimum atomic E-state index is -1.62. The molecule has 12 nitrogen and oxygen atoms in total. The molecule has 12 heteroatoms. The van der Waals surface area contributed by atoms with Crippen LogP contribution in [0.1, 0.15) is 118 Å². The van der Waals surface area contributed by atoms with E-state index in [-0.39, 0.29) is 48.6 Å². The summed E-state index contributed by atoms with van der Waals surface area (Å²) in [7, 11) is 0. The zero-order valence-corrected chi connectivity index (χ0v) is 41.6. The summed E-state index contributed by atoms with van der Waals surface area (Å²) in [6.45, 7) is 18.3. The lowest BCUT2D eigenvalue weighted by Gasteiger charge is -2.49. The number of rotatable bonds is 10. The van der Waals surface area contributed by atoms with Crippen LogP contribution in [0.3, 0.4) is 0 Å². The molecule has 0 amide bonds. The van der Waals surface area contributed by atoms with E-state index in [1.807, 2.05) is 39.0 Å². The molecule has 13 atom stereocenters. The van der Waals surface area contributed by atoms with Crippen molar-refractivity contribution >= 4 is 29.6 Å². The number of hydrogen-bond acceptors (Lipinski definition) is 11. The predicted octanol–water partition coefficient (Wildman–Crippen LogP) is 10.7. The van der Waals surface area contributed by atoms with Crippen molar-refractivity contribution in [2.45, 2.75) is 143 Å². The molecule has 6 rings (SSSR count). The van der Waals surface area contributed by atoms with Crippen molar-refractivity contribution < 1.29 is 47.7 Å². The number of Topliss-reactive ketones (excluding diaryl/α,β-unsaturated/α-hetero) is 2. The topological polar surface area (TPSA) is 149 Å². The maximum Gasteiger partial charge on any atom is 0.420 e. The SMILES string of the molecule is CC[C@H]1OC(=O)[C@H](C)C(=O)[C@H](C)[C@@H](O[C@@H]2[C@H](C)[C@H](C)C[C@H](C)[C@H]2OC(=O)c2ccccc2)[C@](C)(OC/C=C/C2=C/CCCC3C=CC=CC3=C2)C[C@@H](C)C(=O)/C(C)=C/[C@]1(C)OC(=O)n1ccnc1. The van der Waals surface area contributed by atoms with E-state index in [1.165, 1.54) is 37.3 Å². The molecule has 1 unspecified atom stereocenters. The van der Waals surface area contributed by atoms with Crippen molar-refractivity contribution in [2.75, 3.05) is 6.61 Å². The van der Waals surface area contributed by atoms with Gasteiger partial charge in [0.1, 0.15) is 24.5 Å². The van der Waals surface area contributed by atoms with Crippen LogP contribution in [0, 0.1) is 41.4 Å². The van der Waals surface area contributed by atoms with Gasteiger partial charge in [0.2, 0.25) is 0 Å². The van der Waals surface area contributed by atoms with Crippen LogP contribution >= 0.6 is 0 Å². The molecule has 3 aliphatic carbocycles. The Morgan fingerprint density at radius 2 is 1.74 bits per heavy atom.